The van der Waals surface area contributed by atoms with Gasteiger partial charge in [0.05, 0.1) is 19.3 Å². The standard InChI is InChI=1S/C24H28N2O4/c1-29-22-5-3-2-4-21(22)24(28)26-14-12-17(13-15-26)16-30-20-10-6-18(7-11-20)23(27)25-19-8-9-19/h2-7,10-11,17,19H,8-9,12-16H2,1H3,(H,25,27). The predicted octanol–water partition coefficient (Wildman–Crippen LogP) is 3.52. The SMILES string of the molecule is COc1ccccc1C(=O)N1CCC(COc2ccc(C(=O)NC3CC3)cc2)CC1. The normalized spacial score (nSPS) is 16.8. The lowest BCUT2D eigenvalue weighted by atomic mass is 9.97. The van der Waals surface area contributed by atoms with Crippen molar-refractivity contribution in [2.75, 3.05) is 26.8 Å². The van der Waals surface area contributed by atoms with Crippen LogP contribution in [0.3, 0.4) is 0 Å². The zero-order chi connectivity index (χ0) is 20.9. The number of para-hydroxylation sites is 1. The molecule has 2 aliphatic rings. The molecule has 30 heavy (non-hydrogen) atoms. The number of ether oxygens (including phenoxy) is 2. The summed E-state index contributed by atoms with van der Waals surface area (Å²) < 4.78 is 11.3. The van der Waals surface area contributed by atoms with Crippen LogP contribution in [0.15, 0.2) is 48.5 Å². The Labute approximate surface area is 177 Å². The van der Waals surface area contributed by atoms with Crippen molar-refractivity contribution in [3.8, 4) is 11.5 Å². The number of amides is 2. The first-order valence-electron chi connectivity index (χ1n) is 10.6. The fourth-order valence-corrected chi connectivity index (χ4v) is 3.71. The summed E-state index contributed by atoms with van der Waals surface area (Å²) in [5.74, 6) is 1.79. The smallest absolute Gasteiger partial charge is 0.257 e. The average Bonchev–Trinajstić information content (AvgIpc) is 3.62. The van der Waals surface area contributed by atoms with Gasteiger partial charge in [0.15, 0.2) is 0 Å². The largest absolute Gasteiger partial charge is 0.496 e. The summed E-state index contributed by atoms with van der Waals surface area (Å²) in [7, 11) is 1.59. The van der Waals surface area contributed by atoms with E-state index in [0.29, 0.717) is 48.5 Å². The molecule has 0 spiro atoms. The number of piperidine rings is 1. The summed E-state index contributed by atoms with van der Waals surface area (Å²) in [5, 5.41) is 2.99. The van der Waals surface area contributed by atoms with E-state index in [1.165, 1.54) is 0 Å². The molecule has 0 radical (unpaired) electrons. The van der Waals surface area contributed by atoms with Crippen LogP contribution in [0.4, 0.5) is 0 Å². The summed E-state index contributed by atoms with van der Waals surface area (Å²) in [6.07, 6.45) is 3.97. The number of hydrogen-bond acceptors (Lipinski definition) is 4. The second-order valence-electron chi connectivity index (χ2n) is 8.02. The number of methoxy groups -OCH3 is 1. The highest BCUT2D eigenvalue weighted by Crippen LogP contribution is 2.25. The Bertz CT molecular complexity index is 884. The number of carbonyl (C=O) groups excluding carboxylic acids is 2. The van der Waals surface area contributed by atoms with Crippen LogP contribution in [0.25, 0.3) is 0 Å². The molecular formula is C24H28N2O4. The van der Waals surface area contributed by atoms with Crippen molar-refractivity contribution >= 4 is 11.8 Å². The van der Waals surface area contributed by atoms with Crippen LogP contribution in [0, 0.1) is 5.92 Å². The third-order valence-electron chi connectivity index (χ3n) is 5.75. The maximum Gasteiger partial charge on any atom is 0.257 e. The first-order valence-corrected chi connectivity index (χ1v) is 10.6. The van der Waals surface area contributed by atoms with Gasteiger partial charge in [0.2, 0.25) is 0 Å². The quantitative estimate of drug-likeness (QED) is 0.761. The Kier molecular flexibility index (Phi) is 6.21. The molecule has 6 nitrogen and oxygen atoms in total. The molecule has 1 aliphatic heterocycles. The molecule has 2 aromatic carbocycles. The van der Waals surface area contributed by atoms with Gasteiger partial charge in [0.25, 0.3) is 11.8 Å². The Balaban J connectivity index is 1.24. The van der Waals surface area contributed by atoms with E-state index in [0.717, 1.165) is 31.4 Å². The minimum Gasteiger partial charge on any atom is -0.496 e. The van der Waals surface area contributed by atoms with Gasteiger partial charge in [-0.2, -0.15) is 0 Å². The molecule has 6 heteroatoms. The highest BCUT2D eigenvalue weighted by atomic mass is 16.5. The Morgan fingerprint density at radius 3 is 2.37 bits per heavy atom. The molecule has 1 aliphatic carbocycles. The number of likely N-dealkylation sites (tertiary alicyclic amines) is 1. The monoisotopic (exact) mass is 408 g/mol. The summed E-state index contributed by atoms with van der Waals surface area (Å²) >= 11 is 0. The molecule has 4 rings (SSSR count). The van der Waals surface area contributed by atoms with Gasteiger partial charge in [-0.3, -0.25) is 9.59 Å². The molecule has 2 aromatic rings. The molecular weight excluding hydrogens is 380 g/mol. The van der Waals surface area contributed by atoms with Gasteiger partial charge < -0.3 is 19.7 Å². The van der Waals surface area contributed by atoms with Crippen LogP contribution < -0.4 is 14.8 Å². The van der Waals surface area contributed by atoms with E-state index in [1.807, 2.05) is 53.4 Å². The van der Waals surface area contributed by atoms with E-state index in [9.17, 15) is 9.59 Å². The summed E-state index contributed by atoms with van der Waals surface area (Å²) in [5.41, 5.74) is 1.28. The number of nitrogens with one attached hydrogen (secondary N) is 1. The van der Waals surface area contributed by atoms with Crippen LogP contribution in [-0.4, -0.2) is 49.6 Å². The topological polar surface area (TPSA) is 67.9 Å². The van der Waals surface area contributed by atoms with Crippen molar-refractivity contribution < 1.29 is 19.1 Å². The molecule has 158 valence electrons. The zero-order valence-corrected chi connectivity index (χ0v) is 17.3. The van der Waals surface area contributed by atoms with Crippen LogP contribution in [0.5, 0.6) is 11.5 Å². The Morgan fingerprint density at radius 1 is 1.00 bits per heavy atom. The maximum absolute atomic E-state index is 12.8. The van der Waals surface area contributed by atoms with Crippen molar-refractivity contribution in [3.63, 3.8) is 0 Å². The molecule has 0 bridgehead atoms. The Morgan fingerprint density at radius 2 is 1.70 bits per heavy atom. The predicted molar refractivity (Wildman–Crippen MR) is 114 cm³/mol. The highest BCUT2D eigenvalue weighted by Gasteiger charge is 2.26. The van der Waals surface area contributed by atoms with Crippen molar-refractivity contribution in [3.05, 3.63) is 59.7 Å². The molecule has 1 N–H and O–H groups in total. The van der Waals surface area contributed by atoms with E-state index in [1.54, 1.807) is 7.11 Å². The van der Waals surface area contributed by atoms with E-state index >= 15 is 0 Å². The van der Waals surface area contributed by atoms with Crippen LogP contribution in [0.1, 0.15) is 46.4 Å². The van der Waals surface area contributed by atoms with E-state index in [4.69, 9.17) is 9.47 Å². The minimum atomic E-state index is -0.0175. The van der Waals surface area contributed by atoms with Crippen LogP contribution in [0.2, 0.25) is 0 Å². The van der Waals surface area contributed by atoms with Crippen LogP contribution >= 0.6 is 0 Å². The van der Waals surface area contributed by atoms with Gasteiger partial charge in [-0.25, -0.2) is 0 Å². The summed E-state index contributed by atoms with van der Waals surface area (Å²) in [4.78, 5) is 26.7. The highest BCUT2D eigenvalue weighted by molar-refractivity contribution is 5.97. The minimum absolute atomic E-state index is 0.0175. The molecule has 1 saturated carbocycles. The molecule has 2 amide bonds. The Hall–Kier alpha value is -3.02. The number of benzene rings is 2. The second kappa shape index (κ2) is 9.20. The molecule has 0 unspecified atom stereocenters. The second-order valence-corrected chi connectivity index (χ2v) is 8.02. The van der Waals surface area contributed by atoms with Gasteiger partial charge in [-0.15, -0.1) is 0 Å². The molecule has 0 aromatic heterocycles. The number of rotatable bonds is 7. The number of carbonyl (C=O) groups is 2. The van der Waals surface area contributed by atoms with Crippen molar-refractivity contribution in [1.82, 2.24) is 10.2 Å². The molecule has 1 saturated heterocycles. The molecule has 1 heterocycles. The molecule has 0 atom stereocenters. The van der Waals surface area contributed by atoms with Crippen molar-refractivity contribution in [1.29, 1.82) is 0 Å². The van der Waals surface area contributed by atoms with Crippen molar-refractivity contribution in [2.24, 2.45) is 5.92 Å². The first kappa shape index (κ1) is 20.3. The summed E-state index contributed by atoms with van der Waals surface area (Å²) in [6, 6.07) is 15.0. The maximum atomic E-state index is 12.8. The van der Waals surface area contributed by atoms with Crippen molar-refractivity contribution in [2.45, 2.75) is 31.7 Å². The number of nitrogens with zero attached hydrogens (tertiary/aromatic N) is 1. The third kappa shape index (κ3) is 4.93. The van der Waals surface area contributed by atoms with Gasteiger partial charge >= 0.3 is 0 Å². The zero-order valence-electron chi connectivity index (χ0n) is 17.3. The first-order chi connectivity index (χ1) is 14.6. The van der Waals surface area contributed by atoms with Gasteiger partial charge in [-0.05, 0) is 68.0 Å². The molecule has 2 fully saturated rings. The van der Waals surface area contributed by atoms with E-state index in [-0.39, 0.29) is 11.8 Å². The third-order valence-corrected chi connectivity index (χ3v) is 5.75. The average molecular weight is 408 g/mol. The van der Waals surface area contributed by atoms with Gasteiger partial charge in [0, 0.05) is 24.7 Å². The van der Waals surface area contributed by atoms with E-state index < -0.39 is 0 Å². The lowest BCUT2D eigenvalue weighted by Gasteiger charge is -2.32. The fourth-order valence-electron chi connectivity index (χ4n) is 3.71. The lowest BCUT2D eigenvalue weighted by molar-refractivity contribution is 0.0657. The number of hydrogen-bond donors (Lipinski definition) is 1. The van der Waals surface area contributed by atoms with Gasteiger partial charge in [0.1, 0.15) is 11.5 Å². The van der Waals surface area contributed by atoms with E-state index in [2.05, 4.69) is 5.32 Å². The van der Waals surface area contributed by atoms with Crippen LogP contribution in [-0.2, 0) is 0 Å². The fraction of sp³-hybridized carbons (Fsp3) is 0.417. The summed E-state index contributed by atoms with van der Waals surface area (Å²) in [6.45, 7) is 2.04. The van der Waals surface area contributed by atoms with Gasteiger partial charge in [-0.1, -0.05) is 12.1 Å². The lowest BCUT2D eigenvalue weighted by Crippen LogP contribution is -2.39.